The number of rotatable bonds is 3. The van der Waals surface area contributed by atoms with E-state index in [0.29, 0.717) is 22.7 Å². The zero-order valence-electron chi connectivity index (χ0n) is 12.0. The molecule has 5 nitrogen and oxygen atoms in total. The van der Waals surface area contributed by atoms with Crippen molar-refractivity contribution in [3.8, 4) is 17.0 Å². The van der Waals surface area contributed by atoms with Crippen LogP contribution in [0.15, 0.2) is 41.0 Å². The minimum atomic E-state index is -1.04. The van der Waals surface area contributed by atoms with Gasteiger partial charge in [-0.05, 0) is 46.6 Å². The number of hydrogen-bond donors (Lipinski definition) is 1. The Morgan fingerprint density at radius 3 is 2.77 bits per heavy atom. The number of carboxylic acid groups (broad SMARTS) is 1. The van der Waals surface area contributed by atoms with Gasteiger partial charge in [0.05, 0.1) is 7.11 Å². The lowest BCUT2D eigenvalue weighted by molar-refractivity contribution is 0.0690. The van der Waals surface area contributed by atoms with Crippen LogP contribution in [0.5, 0.6) is 5.75 Å². The van der Waals surface area contributed by atoms with Gasteiger partial charge in [-0.25, -0.2) is 9.78 Å². The molecule has 0 amide bonds. The molecule has 0 aliphatic carbocycles. The van der Waals surface area contributed by atoms with E-state index in [9.17, 15) is 9.90 Å². The molecule has 0 atom stereocenters. The van der Waals surface area contributed by atoms with E-state index >= 15 is 0 Å². The maximum absolute atomic E-state index is 11.8. The second-order valence-corrected chi connectivity index (χ2v) is 5.77. The van der Waals surface area contributed by atoms with Gasteiger partial charge in [-0.15, -0.1) is 0 Å². The highest BCUT2D eigenvalue weighted by molar-refractivity contribution is 9.10. The van der Waals surface area contributed by atoms with Crippen LogP contribution in [0.25, 0.3) is 16.9 Å². The predicted octanol–water partition coefficient (Wildman–Crippen LogP) is 3.78. The van der Waals surface area contributed by atoms with Gasteiger partial charge in [-0.2, -0.15) is 0 Å². The summed E-state index contributed by atoms with van der Waals surface area (Å²) in [7, 11) is 1.55. The number of methoxy groups -OCH3 is 1. The summed E-state index contributed by atoms with van der Waals surface area (Å²) >= 11 is 3.39. The van der Waals surface area contributed by atoms with Crippen LogP contribution < -0.4 is 4.74 Å². The van der Waals surface area contributed by atoms with Crippen molar-refractivity contribution in [1.82, 2.24) is 9.38 Å². The fourth-order valence-electron chi connectivity index (χ4n) is 2.50. The Hall–Kier alpha value is -2.34. The molecule has 0 saturated carbocycles. The zero-order valence-corrected chi connectivity index (χ0v) is 13.6. The van der Waals surface area contributed by atoms with Gasteiger partial charge in [0.2, 0.25) is 0 Å². The zero-order chi connectivity index (χ0) is 15.9. The number of hydrogen-bond acceptors (Lipinski definition) is 3. The van der Waals surface area contributed by atoms with E-state index in [4.69, 9.17) is 4.74 Å². The van der Waals surface area contributed by atoms with E-state index in [1.165, 1.54) is 0 Å². The Balaban J connectivity index is 2.41. The molecule has 2 heterocycles. The van der Waals surface area contributed by atoms with Crippen LogP contribution >= 0.6 is 15.9 Å². The number of imidazole rings is 1. The summed E-state index contributed by atoms with van der Waals surface area (Å²) in [5, 5.41) is 9.64. The third kappa shape index (κ3) is 2.25. The van der Waals surface area contributed by atoms with E-state index < -0.39 is 5.97 Å². The normalized spacial score (nSPS) is 10.9. The van der Waals surface area contributed by atoms with Gasteiger partial charge >= 0.3 is 5.97 Å². The summed E-state index contributed by atoms with van der Waals surface area (Å²) in [4.78, 5) is 16.3. The van der Waals surface area contributed by atoms with Gasteiger partial charge in [0, 0.05) is 16.2 Å². The third-order valence-corrected chi connectivity index (χ3v) is 3.87. The van der Waals surface area contributed by atoms with Crippen LogP contribution in [0, 0.1) is 6.92 Å². The minimum Gasteiger partial charge on any atom is -0.496 e. The number of carboxylic acids is 1. The molecule has 0 spiro atoms. The number of pyridine rings is 1. The average molecular weight is 361 g/mol. The molecule has 1 aromatic carbocycles. The van der Waals surface area contributed by atoms with Crippen LogP contribution in [0.3, 0.4) is 0 Å². The van der Waals surface area contributed by atoms with Crippen LogP contribution in [-0.4, -0.2) is 27.6 Å². The van der Waals surface area contributed by atoms with Crippen LogP contribution in [0.4, 0.5) is 0 Å². The van der Waals surface area contributed by atoms with Gasteiger partial charge in [-0.3, -0.25) is 4.40 Å². The molecule has 0 saturated heterocycles. The largest absolute Gasteiger partial charge is 0.496 e. The number of ether oxygens (including phenoxy) is 1. The van der Waals surface area contributed by atoms with Crippen LogP contribution in [0.1, 0.15) is 16.1 Å². The lowest BCUT2D eigenvalue weighted by Gasteiger charge is -2.06. The lowest BCUT2D eigenvalue weighted by atomic mass is 10.1. The van der Waals surface area contributed by atoms with E-state index in [0.717, 1.165) is 10.0 Å². The molecule has 0 bridgehead atoms. The van der Waals surface area contributed by atoms with Gasteiger partial charge in [0.15, 0.2) is 5.69 Å². The number of fused-ring (bicyclic) bond motifs is 1. The first-order valence-corrected chi connectivity index (χ1v) is 7.37. The molecule has 2 aromatic heterocycles. The topological polar surface area (TPSA) is 63.8 Å². The number of aryl methyl sites for hydroxylation is 1. The maximum Gasteiger partial charge on any atom is 0.355 e. The molecular formula is C16H13BrN2O3. The number of halogens is 1. The van der Waals surface area contributed by atoms with Crippen molar-refractivity contribution in [2.45, 2.75) is 6.92 Å². The van der Waals surface area contributed by atoms with E-state index in [-0.39, 0.29) is 5.69 Å². The first-order chi connectivity index (χ1) is 10.5. The fraction of sp³-hybridized carbons (Fsp3) is 0.125. The summed E-state index contributed by atoms with van der Waals surface area (Å²) in [6.07, 6.45) is 1.71. The smallest absolute Gasteiger partial charge is 0.355 e. The van der Waals surface area contributed by atoms with Crippen molar-refractivity contribution in [3.63, 3.8) is 0 Å². The third-order valence-electron chi connectivity index (χ3n) is 3.44. The highest BCUT2D eigenvalue weighted by Crippen LogP contribution is 2.33. The number of carbonyl (C=O) groups is 1. The Bertz CT molecular complexity index is 886. The first kappa shape index (κ1) is 14.6. The standard InChI is InChI=1S/C16H13BrN2O3/c1-9-7-10(17)8-19-14(16(20)21)13(18-15(9)19)11-5-3-4-6-12(11)22-2/h3-8H,1-2H3,(H,20,21). The van der Waals surface area contributed by atoms with Crippen molar-refractivity contribution in [3.05, 3.63) is 52.3 Å². The van der Waals surface area contributed by atoms with Crippen LogP contribution in [0.2, 0.25) is 0 Å². The maximum atomic E-state index is 11.8. The number of nitrogens with zero attached hydrogens (tertiary/aromatic N) is 2. The number of benzene rings is 1. The first-order valence-electron chi connectivity index (χ1n) is 6.58. The molecule has 3 aromatic rings. The molecule has 0 fully saturated rings. The van der Waals surface area contributed by atoms with Crippen molar-refractivity contribution < 1.29 is 14.6 Å². The number of aromatic nitrogens is 2. The van der Waals surface area contributed by atoms with Crippen LogP contribution in [-0.2, 0) is 0 Å². The summed E-state index contributed by atoms with van der Waals surface area (Å²) in [5.41, 5.74) is 2.66. The second kappa shape index (κ2) is 5.46. The molecule has 1 N–H and O–H groups in total. The molecule has 112 valence electrons. The molecule has 22 heavy (non-hydrogen) atoms. The van der Waals surface area contributed by atoms with Crippen molar-refractivity contribution in [1.29, 1.82) is 0 Å². The van der Waals surface area contributed by atoms with Gasteiger partial charge in [0.25, 0.3) is 0 Å². The Kier molecular flexibility index (Phi) is 3.62. The lowest BCUT2D eigenvalue weighted by Crippen LogP contribution is -2.04. The van der Waals surface area contributed by atoms with Gasteiger partial charge < -0.3 is 9.84 Å². The van der Waals surface area contributed by atoms with E-state index in [1.54, 1.807) is 29.8 Å². The SMILES string of the molecule is COc1ccccc1-c1nc2c(C)cc(Br)cn2c1C(=O)O. The minimum absolute atomic E-state index is 0.115. The number of aromatic carboxylic acids is 1. The van der Waals surface area contributed by atoms with E-state index in [1.807, 2.05) is 25.1 Å². The summed E-state index contributed by atoms with van der Waals surface area (Å²) in [6, 6.07) is 9.15. The molecule has 3 rings (SSSR count). The Morgan fingerprint density at radius 1 is 1.36 bits per heavy atom. The van der Waals surface area contributed by atoms with Crippen molar-refractivity contribution >= 4 is 27.5 Å². The molecule has 0 unspecified atom stereocenters. The summed E-state index contributed by atoms with van der Waals surface area (Å²) < 4.78 is 7.72. The highest BCUT2D eigenvalue weighted by atomic mass is 79.9. The molecular weight excluding hydrogens is 348 g/mol. The number of para-hydroxylation sites is 1. The van der Waals surface area contributed by atoms with Crippen molar-refractivity contribution in [2.24, 2.45) is 0 Å². The monoisotopic (exact) mass is 360 g/mol. The fourth-order valence-corrected chi connectivity index (χ4v) is 3.05. The van der Waals surface area contributed by atoms with E-state index in [2.05, 4.69) is 20.9 Å². The molecule has 0 aliphatic heterocycles. The molecule has 0 radical (unpaired) electrons. The second-order valence-electron chi connectivity index (χ2n) is 4.85. The summed E-state index contributed by atoms with van der Waals surface area (Å²) in [5.74, 6) is -0.448. The quantitative estimate of drug-likeness (QED) is 0.771. The Morgan fingerprint density at radius 2 is 2.09 bits per heavy atom. The predicted molar refractivity (Wildman–Crippen MR) is 86.6 cm³/mol. The average Bonchev–Trinajstić information content (AvgIpc) is 2.86. The van der Waals surface area contributed by atoms with Gasteiger partial charge in [0.1, 0.15) is 17.1 Å². The van der Waals surface area contributed by atoms with Gasteiger partial charge in [-0.1, -0.05) is 12.1 Å². The highest BCUT2D eigenvalue weighted by Gasteiger charge is 2.23. The molecule has 6 heteroatoms. The summed E-state index contributed by atoms with van der Waals surface area (Å²) in [6.45, 7) is 1.89. The van der Waals surface area contributed by atoms with Crippen molar-refractivity contribution in [2.75, 3.05) is 7.11 Å². The molecule has 0 aliphatic rings. The Labute approximate surface area is 135 Å².